The van der Waals surface area contributed by atoms with E-state index in [-0.39, 0.29) is 18.0 Å². The number of carbonyl (C=O) groups excluding carboxylic acids is 2. The Bertz CT molecular complexity index is 864. The summed E-state index contributed by atoms with van der Waals surface area (Å²) in [5.74, 6) is -1.35. The molecule has 4 N–H and O–H groups in total. The lowest BCUT2D eigenvalue weighted by molar-refractivity contribution is -0.150. The Morgan fingerprint density at radius 2 is 1.20 bits per heavy atom. The first-order chi connectivity index (χ1) is 22.4. The number of hydrogen-bond donors (Lipinski definition) is 3. The molecule has 0 saturated carbocycles. The third kappa shape index (κ3) is 30.0. The van der Waals surface area contributed by atoms with Crippen molar-refractivity contribution in [2.45, 2.75) is 174 Å². The van der Waals surface area contributed by atoms with Crippen molar-refractivity contribution < 1.29 is 24.2 Å². The Morgan fingerprint density at radius 3 is 1.78 bits per heavy atom. The first-order valence-corrected chi connectivity index (χ1v) is 18.5. The van der Waals surface area contributed by atoms with Crippen LogP contribution in [0.1, 0.15) is 162 Å². The molecule has 0 radical (unpaired) electrons. The van der Waals surface area contributed by atoms with Crippen molar-refractivity contribution in [2.24, 2.45) is 5.73 Å². The SMILES string of the molecule is CC/C=C\C/C=C\C/C=C\C/C=C\CCCCCCCCCCC(=O)OC(CCC)CCCCCC(=O)NC(CCCN)C(=O)O. The average Bonchev–Trinajstić information content (AvgIpc) is 3.03. The number of hydrogen-bond acceptors (Lipinski definition) is 5. The van der Waals surface area contributed by atoms with Crippen molar-refractivity contribution in [3.05, 3.63) is 48.6 Å². The monoisotopic (exact) mass is 645 g/mol. The zero-order chi connectivity index (χ0) is 33.9. The van der Waals surface area contributed by atoms with Gasteiger partial charge in [0.1, 0.15) is 12.1 Å². The smallest absolute Gasteiger partial charge is 0.326 e. The highest BCUT2D eigenvalue weighted by Gasteiger charge is 2.19. The Kier molecular flexibility index (Phi) is 31.7. The van der Waals surface area contributed by atoms with Crippen LogP contribution < -0.4 is 11.1 Å². The molecule has 0 aliphatic rings. The molecule has 0 spiro atoms. The highest BCUT2D eigenvalue weighted by molar-refractivity contribution is 5.83. The average molecular weight is 645 g/mol. The molecule has 0 aromatic rings. The fourth-order valence-corrected chi connectivity index (χ4v) is 5.20. The second-order valence-electron chi connectivity index (χ2n) is 12.3. The quantitative estimate of drug-likeness (QED) is 0.0381. The van der Waals surface area contributed by atoms with E-state index in [4.69, 9.17) is 10.5 Å². The minimum absolute atomic E-state index is 0.0596. The molecule has 0 aliphatic heterocycles. The lowest BCUT2D eigenvalue weighted by atomic mass is 10.0. The number of nitrogens with one attached hydrogen (secondary N) is 1. The zero-order valence-corrected chi connectivity index (χ0v) is 29.4. The second-order valence-corrected chi connectivity index (χ2v) is 12.3. The van der Waals surface area contributed by atoms with Gasteiger partial charge in [0.15, 0.2) is 0 Å². The van der Waals surface area contributed by atoms with E-state index in [1.165, 1.54) is 44.9 Å². The van der Waals surface area contributed by atoms with Gasteiger partial charge >= 0.3 is 11.9 Å². The van der Waals surface area contributed by atoms with Crippen molar-refractivity contribution in [1.29, 1.82) is 0 Å². The maximum absolute atomic E-state index is 12.4. The fraction of sp³-hybridized carbons (Fsp3) is 0.718. The predicted octanol–water partition coefficient (Wildman–Crippen LogP) is 9.66. The summed E-state index contributed by atoms with van der Waals surface area (Å²) in [6, 6.07) is -0.873. The molecule has 0 bridgehead atoms. The molecule has 264 valence electrons. The normalized spacial score (nSPS) is 13.3. The minimum atomic E-state index is -1.02. The largest absolute Gasteiger partial charge is 0.480 e. The van der Waals surface area contributed by atoms with Gasteiger partial charge in [0.05, 0.1) is 0 Å². The number of rotatable bonds is 32. The molecule has 0 fully saturated rings. The van der Waals surface area contributed by atoms with Crippen LogP contribution in [0.15, 0.2) is 48.6 Å². The lowest BCUT2D eigenvalue weighted by Gasteiger charge is -2.17. The summed E-state index contributed by atoms with van der Waals surface area (Å²) in [6.45, 7) is 4.65. The van der Waals surface area contributed by atoms with Crippen LogP contribution in [0.5, 0.6) is 0 Å². The maximum Gasteiger partial charge on any atom is 0.326 e. The van der Waals surface area contributed by atoms with Crippen LogP contribution >= 0.6 is 0 Å². The van der Waals surface area contributed by atoms with Crippen LogP contribution in [0.3, 0.4) is 0 Å². The van der Waals surface area contributed by atoms with Crippen molar-refractivity contribution >= 4 is 17.8 Å². The third-order valence-electron chi connectivity index (χ3n) is 7.89. The van der Waals surface area contributed by atoms with E-state index in [0.717, 1.165) is 70.6 Å². The molecular weight excluding hydrogens is 576 g/mol. The van der Waals surface area contributed by atoms with Crippen LogP contribution in [0.4, 0.5) is 0 Å². The van der Waals surface area contributed by atoms with Gasteiger partial charge in [-0.25, -0.2) is 4.79 Å². The topological polar surface area (TPSA) is 119 Å². The molecule has 7 heteroatoms. The number of esters is 1. The summed E-state index contributed by atoms with van der Waals surface area (Å²) in [4.78, 5) is 35.8. The third-order valence-corrected chi connectivity index (χ3v) is 7.89. The summed E-state index contributed by atoms with van der Waals surface area (Å²) in [5.41, 5.74) is 5.44. The molecule has 0 heterocycles. The second kappa shape index (κ2) is 33.7. The number of ether oxygens (including phenoxy) is 1. The van der Waals surface area contributed by atoms with Gasteiger partial charge in [0.25, 0.3) is 0 Å². The number of carboxylic acids is 1. The number of nitrogens with two attached hydrogens (primary N) is 1. The lowest BCUT2D eigenvalue weighted by Crippen LogP contribution is -2.40. The number of carboxylic acid groups (broad SMARTS) is 1. The minimum Gasteiger partial charge on any atom is -0.480 e. The van der Waals surface area contributed by atoms with Gasteiger partial charge in [-0.1, -0.05) is 114 Å². The summed E-state index contributed by atoms with van der Waals surface area (Å²) in [7, 11) is 0. The van der Waals surface area contributed by atoms with Gasteiger partial charge in [-0.3, -0.25) is 9.59 Å². The van der Waals surface area contributed by atoms with E-state index in [9.17, 15) is 19.5 Å². The Morgan fingerprint density at radius 1 is 0.652 bits per heavy atom. The molecular formula is C39H68N2O5. The summed E-state index contributed by atoms with van der Waals surface area (Å²) < 4.78 is 5.77. The summed E-state index contributed by atoms with van der Waals surface area (Å²) >= 11 is 0. The first-order valence-electron chi connectivity index (χ1n) is 18.5. The summed E-state index contributed by atoms with van der Waals surface area (Å²) in [5, 5.41) is 11.8. The maximum atomic E-state index is 12.4. The number of amides is 1. The Labute approximate surface area is 281 Å². The number of aliphatic carboxylic acids is 1. The Balaban J connectivity index is 3.77. The molecule has 46 heavy (non-hydrogen) atoms. The van der Waals surface area contributed by atoms with E-state index in [1.807, 2.05) is 0 Å². The highest BCUT2D eigenvalue weighted by atomic mass is 16.5. The van der Waals surface area contributed by atoms with Gasteiger partial charge < -0.3 is 20.9 Å². The highest BCUT2D eigenvalue weighted by Crippen LogP contribution is 2.16. The van der Waals surface area contributed by atoms with Crippen LogP contribution in [0.25, 0.3) is 0 Å². The molecule has 0 aromatic heterocycles. The van der Waals surface area contributed by atoms with Crippen molar-refractivity contribution in [1.82, 2.24) is 5.32 Å². The molecule has 2 unspecified atom stereocenters. The van der Waals surface area contributed by atoms with Crippen molar-refractivity contribution in [2.75, 3.05) is 6.54 Å². The first kappa shape index (κ1) is 43.3. The van der Waals surface area contributed by atoms with Crippen LogP contribution in [0.2, 0.25) is 0 Å². The van der Waals surface area contributed by atoms with E-state index in [1.54, 1.807) is 0 Å². The molecule has 0 rings (SSSR count). The van der Waals surface area contributed by atoms with Crippen LogP contribution in [-0.4, -0.2) is 41.6 Å². The van der Waals surface area contributed by atoms with Gasteiger partial charge in [-0.15, -0.1) is 0 Å². The molecule has 0 saturated heterocycles. The predicted molar refractivity (Wildman–Crippen MR) is 193 cm³/mol. The number of unbranched alkanes of at least 4 members (excludes halogenated alkanes) is 10. The van der Waals surface area contributed by atoms with E-state index < -0.39 is 12.0 Å². The number of carbonyl (C=O) groups is 3. The molecule has 1 amide bonds. The van der Waals surface area contributed by atoms with Gasteiger partial charge in [-0.2, -0.15) is 0 Å². The van der Waals surface area contributed by atoms with Crippen LogP contribution in [-0.2, 0) is 19.1 Å². The van der Waals surface area contributed by atoms with E-state index in [0.29, 0.717) is 38.6 Å². The molecule has 0 aliphatic carbocycles. The standard InChI is InChI=1S/C39H68N2O5/c1-3-5-6-7-8-9-10-11-12-13-14-15-16-17-18-19-20-21-22-23-27-33-38(43)46-35(29-4-2)30-25-24-26-32-37(42)41-36(39(44)45)31-28-34-40/h5-6,8-9,11-12,14-15,35-36H,3-4,7,10,13,16-34,40H2,1-2H3,(H,41,42)(H,44,45)/b6-5-,9-8-,12-11-,15-14-. The van der Waals surface area contributed by atoms with Gasteiger partial charge in [0, 0.05) is 12.8 Å². The van der Waals surface area contributed by atoms with Crippen LogP contribution in [0, 0.1) is 0 Å². The molecule has 7 nitrogen and oxygen atoms in total. The number of allylic oxidation sites excluding steroid dienone is 8. The molecule has 2 atom stereocenters. The molecule has 0 aromatic carbocycles. The summed E-state index contributed by atoms with van der Waals surface area (Å²) in [6.07, 6.45) is 39.4. The van der Waals surface area contributed by atoms with Gasteiger partial charge in [-0.05, 0) is 90.0 Å². The zero-order valence-electron chi connectivity index (χ0n) is 29.4. The van der Waals surface area contributed by atoms with Gasteiger partial charge in [0.2, 0.25) is 5.91 Å². The van der Waals surface area contributed by atoms with E-state index >= 15 is 0 Å². The van der Waals surface area contributed by atoms with Crippen molar-refractivity contribution in [3.63, 3.8) is 0 Å². The Hall–Kier alpha value is -2.67. The van der Waals surface area contributed by atoms with E-state index in [2.05, 4.69) is 67.8 Å². The van der Waals surface area contributed by atoms with Crippen molar-refractivity contribution in [3.8, 4) is 0 Å². The fourth-order valence-electron chi connectivity index (χ4n) is 5.20.